The lowest BCUT2D eigenvalue weighted by molar-refractivity contribution is -0.129. The molecule has 1 aromatic rings. The van der Waals surface area contributed by atoms with Gasteiger partial charge < -0.3 is 15.1 Å². The topological polar surface area (TPSA) is 52.7 Å². The molecule has 0 aromatic heterocycles. The molecule has 0 spiro atoms. The van der Waals surface area contributed by atoms with Gasteiger partial charge in [-0.3, -0.25) is 9.59 Å². The summed E-state index contributed by atoms with van der Waals surface area (Å²) in [4.78, 5) is 28.2. The zero-order chi connectivity index (χ0) is 17.5. The lowest BCUT2D eigenvalue weighted by atomic mass is 10.1. The Morgan fingerprint density at radius 1 is 1.33 bits per heavy atom. The number of carbonyl (C=O) groups is 2. The van der Waals surface area contributed by atoms with Crippen molar-refractivity contribution in [2.75, 3.05) is 33.7 Å². The minimum atomic E-state index is 0.0495. The molecular weight excluding hydrogens is 302 g/mol. The molecule has 0 aliphatic carbocycles. The van der Waals surface area contributed by atoms with E-state index in [-0.39, 0.29) is 17.9 Å². The van der Waals surface area contributed by atoms with Crippen molar-refractivity contribution in [3.63, 3.8) is 0 Å². The molecule has 1 heterocycles. The quantitative estimate of drug-likeness (QED) is 0.787. The van der Waals surface area contributed by atoms with E-state index in [1.54, 1.807) is 0 Å². The number of likely N-dealkylation sites (N-methyl/N-ethyl adjacent to an activating group) is 1. The smallest absolute Gasteiger partial charge is 0.224 e. The van der Waals surface area contributed by atoms with E-state index >= 15 is 0 Å². The van der Waals surface area contributed by atoms with Gasteiger partial charge in [0, 0.05) is 32.1 Å². The number of rotatable bonds is 8. The van der Waals surface area contributed by atoms with Gasteiger partial charge in [0.2, 0.25) is 11.8 Å². The Bertz CT molecular complexity index is 571. The lowest BCUT2D eigenvalue weighted by Crippen LogP contribution is -2.40. The van der Waals surface area contributed by atoms with E-state index < -0.39 is 0 Å². The number of amides is 2. The molecule has 1 N–H and O–H groups in total. The van der Waals surface area contributed by atoms with Gasteiger partial charge in [0.15, 0.2) is 0 Å². The Morgan fingerprint density at radius 3 is 2.79 bits per heavy atom. The number of carbonyl (C=O) groups excluding carboxylic acids is 2. The first-order chi connectivity index (χ1) is 11.5. The second kappa shape index (κ2) is 8.83. The number of nitrogens with zero attached hydrogens (tertiary/aromatic N) is 2. The van der Waals surface area contributed by atoms with Gasteiger partial charge in [0.1, 0.15) is 0 Å². The van der Waals surface area contributed by atoms with Crippen LogP contribution in [0.15, 0.2) is 24.3 Å². The number of hydrogen-bond acceptors (Lipinski definition) is 3. The Labute approximate surface area is 145 Å². The molecule has 0 saturated carbocycles. The van der Waals surface area contributed by atoms with E-state index in [0.29, 0.717) is 19.4 Å². The van der Waals surface area contributed by atoms with Crippen LogP contribution in [0.5, 0.6) is 0 Å². The van der Waals surface area contributed by atoms with Crippen molar-refractivity contribution in [3.8, 4) is 0 Å². The maximum absolute atomic E-state index is 12.1. The summed E-state index contributed by atoms with van der Waals surface area (Å²) in [5, 5.41) is 3.00. The largest absolute Gasteiger partial charge is 0.356 e. The van der Waals surface area contributed by atoms with Crippen molar-refractivity contribution in [3.05, 3.63) is 35.4 Å². The van der Waals surface area contributed by atoms with Crippen LogP contribution in [0.2, 0.25) is 0 Å². The van der Waals surface area contributed by atoms with Gasteiger partial charge in [-0.2, -0.15) is 0 Å². The van der Waals surface area contributed by atoms with E-state index in [4.69, 9.17) is 0 Å². The molecule has 2 amide bonds. The van der Waals surface area contributed by atoms with E-state index in [2.05, 4.69) is 10.2 Å². The third-order valence-corrected chi connectivity index (χ3v) is 4.65. The highest BCUT2D eigenvalue weighted by atomic mass is 16.2. The summed E-state index contributed by atoms with van der Waals surface area (Å²) in [6.45, 7) is 4.30. The van der Waals surface area contributed by atoms with E-state index in [1.807, 2.05) is 50.2 Å². The summed E-state index contributed by atoms with van der Waals surface area (Å²) in [6, 6.07) is 8.22. The SMILES string of the molecule is Cc1ccccc1CC(=O)NCC[C@H]1CCC(=O)N1CCN(C)C. The molecule has 5 heteroatoms. The number of aryl methyl sites for hydroxylation is 1. The maximum atomic E-state index is 12.1. The molecule has 1 saturated heterocycles. The van der Waals surface area contributed by atoms with Crippen molar-refractivity contribution < 1.29 is 9.59 Å². The molecule has 1 aliphatic heterocycles. The third kappa shape index (κ3) is 5.34. The number of benzene rings is 1. The minimum absolute atomic E-state index is 0.0495. The van der Waals surface area contributed by atoms with E-state index in [9.17, 15) is 9.59 Å². The average molecular weight is 331 g/mol. The summed E-state index contributed by atoms with van der Waals surface area (Å²) < 4.78 is 0. The highest BCUT2D eigenvalue weighted by Crippen LogP contribution is 2.20. The van der Waals surface area contributed by atoms with Crippen molar-refractivity contribution >= 4 is 11.8 Å². The Hall–Kier alpha value is -1.88. The normalized spacial score (nSPS) is 17.6. The number of nitrogens with one attached hydrogen (secondary N) is 1. The fourth-order valence-corrected chi connectivity index (χ4v) is 3.13. The Balaban J connectivity index is 1.75. The van der Waals surface area contributed by atoms with Gasteiger partial charge in [0.25, 0.3) is 0 Å². The molecular formula is C19H29N3O2. The van der Waals surface area contributed by atoms with E-state index in [1.165, 1.54) is 0 Å². The maximum Gasteiger partial charge on any atom is 0.224 e. The van der Waals surface area contributed by atoms with Crippen LogP contribution in [0.3, 0.4) is 0 Å². The third-order valence-electron chi connectivity index (χ3n) is 4.65. The standard InChI is InChI=1S/C19H29N3O2/c1-15-6-4-5-7-16(15)14-18(23)20-11-10-17-8-9-19(24)22(17)13-12-21(2)3/h4-7,17H,8-14H2,1-3H3,(H,20,23)/t17-/m1/s1. The zero-order valence-electron chi connectivity index (χ0n) is 15.0. The molecule has 0 unspecified atom stereocenters. The number of likely N-dealkylation sites (tertiary alicyclic amines) is 1. The highest BCUT2D eigenvalue weighted by molar-refractivity contribution is 5.79. The fraction of sp³-hybridized carbons (Fsp3) is 0.579. The molecule has 1 aliphatic rings. The molecule has 2 rings (SSSR count). The molecule has 132 valence electrons. The van der Waals surface area contributed by atoms with Gasteiger partial charge in [0.05, 0.1) is 6.42 Å². The first kappa shape index (κ1) is 18.5. The van der Waals surface area contributed by atoms with Crippen LogP contribution >= 0.6 is 0 Å². The Morgan fingerprint density at radius 2 is 2.08 bits per heavy atom. The molecule has 1 fully saturated rings. The van der Waals surface area contributed by atoms with Gasteiger partial charge in [-0.25, -0.2) is 0 Å². The first-order valence-corrected chi connectivity index (χ1v) is 8.72. The average Bonchev–Trinajstić information content (AvgIpc) is 2.88. The van der Waals surface area contributed by atoms with Crippen LogP contribution in [-0.2, 0) is 16.0 Å². The van der Waals surface area contributed by atoms with Crippen molar-refractivity contribution in [2.24, 2.45) is 0 Å². The molecule has 24 heavy (non-hydrogen) atoms. The van der Waals surface area contributed by atoms with Crippen LogP contribution in [-0.4, -0.2) is 61.4 Å². The van der Waals surface area contributed by atoms with Crippen LogP contribution in [0.1, 0.15) is 30.4 Å². The van der Waals surface area contributed by atoms with Crippen molar-refractivity contribution in [1.29, 1.82) is 0 Å². The van der Waals surface area contributed by atoms with Gasteiger partial charge in [-0.05, 0) is 45.0 Å². The van der Waals surface area contributed by atoms with Crippen molar-refractivity contribution in [2.45, 2.75) is 38.6 Å². The van der Waals surface area contributed by atoms with Gasteiger partial charge in [-0.1, -0.05) is 24.3 Å². The summed E-state index contributed by atoms with van der Waals surface area (Å²) in [5.41, 5.74) is 2.21. The Kier molecular flexibility index (Phi) is 6.79. The van der Waals surface area contributed by atoms with Crippen LogP contribution < -0.4 is 5.32 Å². The summed E-state index contributed by atoms with van der Waals surface area (Å²) >= 11 is 0. The molecule has 1 atom stereocenters. The summed E-state index contributed by atoms with van der Waals surface area (Å²) in [5.74, 6) is 0.293. The second-order valence-electron chi connectivity index (χ2n) is 6.82. The lowest BCUT2D eigenvalue weighted by Gasteiger charge is -2.26. The molecule has 1 aromatic carbocycles. The highest BCUT2D eigenvalue weighted by Gasteiger charge is 2.30. The first-order valence-electron chi connectivity index (χ1n) is 8.72. The number of hydrogen-bond donors (Lipinski definition) is 1. The van der Waals surface area contributed by atoms with E-state index in [0.717, 1.165) is 37.1 Å². The second-order valence-corrected chi connectivity index (χ2v) is 6.82. The van der Waals surface area contributed by atoms with Crippen LogP contribution in [0.4, 0.5) is 0 Å². The zero-order valence-corrected chi connectivity index (χ0v) is 15.0. The minimum Gasteiger partial charge on any atom is -0.356 e. The summed E-state index contributed by atoms with van der Waals surface area (Å²) in [7, 11) is 4.03. The summed E-state index contributed by atoms with van der Waals surface area (Å²) in [6.07, 6.45) is 2.79. The molecule has 0 radical (unpaired) electrons. The van der Waals surface area contributed by atoms with Crippen molar-refractivity contribution in [1.82, 2.24) is 15.1 Å². The van der Waals surface area contributed by atoms with Crippen LogP contribution in [0, 0.1) is 6.92 Å². The van der Waals surface area contributed by atoms with Gasteiger partial charge >= 0.3 is 0 Å². The van der Waals surface area contributed by atoms with Gasteiger partial charge in [-0.15, -0.1) is 0 Å². The molecule has 5 nitrogen and oxygen atoms in total. The predicted molar refractivity (Wildman–Crippen MR) is 95.8 cm³/mol. The molecule has 0 bridgehead atoms. The van der Waals surface area contributed by atoms with Crippen LogP contribution in [0.25, 0.3) is 0 Å². The fourth-order valence-electron chi connectivity index (χ4n) is 3.13. The predicted octanol–water partition coefficient (Wildman–Crippen LogP) is 1.60. The monoisotopic (exact) mass is 331 g/mol.